The molecular formula is C13H22BrN3O2. The van der Waals surface area contributed by atoms with Gasteiger partial charge in [0.15, 0.2) is 0 Å². The molecule has 0 bridgehead atoms. The first-order valence-corrected chi connectivity index (χ1v) is 7.38. The summed E-state index contributed by atoms with van der Waals surface area (Å²) in [4.78, 5) is 10.8. The van der Waals surface area contributed by atoms with E-state index in [0.29, 0.717) is 13.2 Å². The summed E-state index contributed by atoms with van der Waals surface area (Å²) in [5, 5.41) is 0. The van der Waals surface area contributed by atoms with Gasteiger partial charge in [-0.15, -0.1) is 0 Å². The summed E-state index contributed by atoms with van der Waals surface area (Å²) in [5.74, 6) is 1.65. The van der Waals surface area contributed by atoms with Gasteiger partial charge in [-0.2, -0.15) is 0 Å². The third kappa shape index (κ3) is 6.31. The number of nitrogens with zero attached hydrogens (tertiary/aromatic N) is 3. The maximum Gasteiger partial charge on any atom is 0.133 e. The van der Waals surface area contributed by atoms with E-state index in [4.69, 9.17) is 9.47 Å². The minimum Gasteiger partial charge on any atom is -0.380 e. The van der Waals surface area contributed by atoms with Crippen molar-refractivity contribution in [3.05, 3.63) is 16.5 Å². The smallest absolute Gasteiger partial charge is 0.133 e. The zero-order valence-electron chi connectivity index (χ0n) is 11.9. The molecule has 108 valence electrons. The molecule has 0 atom stereocenters. The molecule has 1 aromatic heterocycles. The molecule has 19 heavy (non-hydrogen) atoms. The summed E-state index contributed by atoms with van der Waals surface area (Å²) in [7, 11) is 0. The van der Waals surface area contributed by atoms with Crippen molar-refractivity contribution >= 4 is 21.7 Å². The minimum absolute atomic E-state index is 0.684. The molecule has 0 unspecified atom stereocenters. The Kier molecular flexibility index (Phi) is 7.93. The first kappa shape index (κ1) is 16.3. The molecule has 0 fully saturated rings. The lowest BCUT2D eigenvalue weighted by Crippen LogP contribution is -2.32. The van der Waals surface area contributed by atoms with Crippen LogP contribution in [0.25, 0.3) is 0 Å². The third-order valence-corrected chi connectivity index (χ3v) is 2.94. The zero-order chi connectivity index (χ0) is 14.1. The van der Waals surface area contributed by atoms with Crippen molar-refractivity contribution in [2.45, 2.75) is 20.8 Å². The van der Waals surface area contributed by atoms with Crippen molar-refractivity contribution in [1.82, 2.24) is 9.97 Å². The van der Waals surface area contributed by atoms with Gasteiger partial charge in [-0.1, -0.05) is 0 Å². The Labute approximate surface area is 123 Å². The minimum atomic E-state index is 0.684. The van der Waals surface area contributed by atoms with Crippen molar-refractivity contribution in [2.75, 3.05) is 44.4 Å². The summed E-state index contributed by atoms with van der Waals surface area (Å²) in [6.45, 7) is 10.3. The topological polar surface area (TPSA) is 47.5 Å². The summed E-state index contributed by atoms with van der Waals surface area (Å²) < 4.78 is 11.6. The molecule has 0 radical (unpaired) electrons. The van der Waals surface area contributed by atoms with Crippen LogP contribution in [0.2, 0.25) is 0 Å². The lowest BCUT2D eigenvalue weighted by atomic mass is 10.4. The van der Waals surface area contributed by atoms with Crippen molar-refractivity contribution in [2.24, 2.45) is 0 Å². The van der Waals surface area contributed by atoms with Gasteiger partial charge in [0.2, 0.25) is 0 Å². The molecule has 0 N–H and O–H groups in total. The van der Waals surface area contributed by atoms with E-state index in [0.717, 1.165) is 42.5 Å². The van der Waals surface area contributed by atoms with Crippen LogP contribution in [0.4, 0.5) is 5.82 Å². The van der Waals surface area contributed by atoms with Crippen molar-refractivity contribution in [3.8, 4) is 0 Å². The Morgan fingerprint density at radius 1 is 1.11 bits per heavy atom. The molecule has 0 aliphatic rings. The van der Waals surface area contributed by atoms with Crippen LogP contribution in [-0.4, -0.2) is 49.5 Å². The fraction of sp³-hybridized carbons (Fsp3) is 0.692. The molecule has 1 aromatic rings. The quantitative estimate of drug-likeness (QED) is 0.513. The Bertz CT molecular complexity index is 347. The van der Waals surface area contributed by atoms with Crippen LogP contribution in [0.15, 0.2) is 10.7 Å². The van der Waals surface area contributed by atoms with Gasteiger partial charge in [-0.25, -0.2) is 9.97 Å². The molecule has 0 aliphatic carbocycles. The first-order chi connectivity index (χ1) is 9.17. The maximum absolute atomic E-state index is 5.41. The normalized spacial score (nSPS) is 10.7. The van der Waals surface area contributed by atoms with Crippen molar-refractivity contribution in [3.63, 3.8) is 0 Å². The highest BCUT2D eigenvalue weighted by molar-refractivity contribution is 9.10. The lowest BCUT2D eigenvalue weighted by molar-refractivity contribution is 0.141. The molecule has 0 aliphatic heterocycles. The van der Waals surface area contributed by atoms with E-state index >= 15 is 0 Å². The van der Waals surface area contributed by atoms with Gasteiger partial charge in [0.25, 0.3) is 0 Å². The molecule has 1 rings (SSSR count). The third-order valence-electron chi connectivity index (χ3n) is 2.54. The van der Waals surface area contributed by atoms with E-state index in [2.05, 4.69) is 30.8 Å². The fourth-order valence-electron chi connectivity index (χ4n) is 1.66. The zero-order valence-corrected chi connectivity index (χ0v) is 13.4. The lowest BCUT2D eigenvalue weighted by Gasteiger charge is -2.23. The number of rotatable bonds is 9. The van der Waals surface area contributed by atoms with E-state index in [1.165, 1.54) is 0 Å². The molecule has 1 heterocycles. The van der Waals surface area contributed by atoms with E-state index < -0.39 is 0 Å². The van der Waals surface area contributed by atoms with E-state index in [9.17, 15) is 0 Å². The van der Waals surface area contributed by atoms with Crippen LogP contribution >= 0.6 is 15.9 Å². The molecular weight excluding hydrogens is 310 g/mol. The summed E-state index contributed by atoms with van der Waals surface area (Å²) >= 11 is 3.40. The fourth-order valence-corrected chi connectivity index (χ4v) is 2.12. The number of hydrogen-bond acceptors (Lipinski definition) is 5. The number of ether oxygens (including phenoxy) is 2. The molecule has 0 saturated carbocycles. The van der Waals surface area contributed by atoms with Crippen molar-refractivity contribution in [1.29, 1.82) is 0 Å². The second-order valence-corrected chi connectivity index (χ2v) is 4.79. The van der Waals surface area contributed by atoms with Crippen molar-refractivity contribution < 1.29 is 9.47 Å². The predicted octanol–water partition coefficient (Wildman–Crippen LogP) is 2.43. The molecule has 0 spiro atoms. The second kappa shape index (κ2) is 9.23. The highest BCUT2D eigenvalue weighted by atomic mass is 79.9. The number of aromatic nitrogens is 2. The molecule has 0 amide bonds. The highest BCUT2D eigenvalue weighted by Crippen LogP contribution is 2.16. The molecule has 0 aromatic carbocycles. The van der Waals surface area contributed by atoms with Gasteiger partial charge in [0, 0.05) is 32.4 Å². The number of aryl methyl sites for hydroxylation is 1. The average Bonchev–Trinajstić information content (AvgIpc) is 2.36. The van der Waals surface area contributed by atoms with E-state index in [-0.39, 0.29) is 0 Å². The first-order valence-electron chi connectivity index (χ1n) is 6.59. The van der Waals surface area contributed by atoms with Crippen LogP contribution in [-0.2, 0) is 9.47 Å². The van der Waals surface area contributed by atoms with Crippen LogP contribution < -0.4 is 4.90 Å². The molecule has 5 nitrogen and oxygen atoms in total. The van der Waals surface area contributed by atoms with Crippen LogP contribution in [0.5, 0.6) is 0 Å². The van der Waals surface area contributed by atoms with Crippen LogP contribution in [0, 0.1) is 6.92 Å². The summed E-state index contributed by atoms with van der Waals surface area (Å²) in [6.07, 6.45) is 0. The van der Waals surface area contributed by atoms with Crippen LogP contribution in [0.3, 0.4) is 0 Å². The molecule has 6 heteroatoms. The SMILES string of the molecule is CCOCCN(CCOCC)c1cc(Br)nc(C)n1. The Morgan fingerprint density at radius 3 is 2.16 bits per heavy atom. The maximum atomic E-state index is 5.41. The average molecular weight is 332 g/mol. The Hall–Kier alpha value is -0.720. The van der Waals surface area contributed by atoms with Gasteiger partial charge in [0.1, 0.15) is 16.2 Å². The van der Waals surface area contributed by atoms with Gasteiger partial charge >= 0.3 is 0 Å². The number of hydrogen-bond donors (Lipinski definition) is 0. The summed E-state index contributed by atoms with van der Waals surface area (Å²) in [6, 6.07) is 1.92. The Morgan fingerprint density at radius 2 is 1.68 bits per heavy atom. The second-order valence-electron chi connectivity index (χ2n) is 3.98. The number of halogens is 1. The summed E-state index contributed by atoms with van der Waals surface area (Å²) in [5.41, 5.74) is 0. The Balaban J connectivity index is 2.69. The standard InChI is InChI=1S/C13H22BrN3O2/c1-4-18-8-6-17(7-9-19-5-2)13-10-12(14)15-11(3)16-13/h10H,4-9H2,1-3H3. The predicted molar refractivity (Wildman–Crippen MR) is 79.7 cm³/mol. The van der Waals surface area contributed by atoms with Gasteiger partial charge in [0.05, 0.1) is 13.2 Å². The van der Waals surface area contributed by atoms with Gasteiger partial charge in [-0.05, 0) is 36.7 Å². The monoisotopic (exact) mass is 331 g/mol. The highest BCUT2D eigenvalue weighted by Gasteiger charge is 2.10. The van der Waals surface area contributed by atoms with Gasteiger partial charge < -0.3 is 14.4 Å². The van der Waals surface area contributed by atoms with Gasteiger partial charge in [-0.3, -0.25) is 0 Å². The molecule has 0 saturated heterocycles. The largest absolute Gasteiger partial charge is 0.380 e. The van der Waals surface area contributed by atoms with Crippen LogP contribution in [0.1, 0.15) is 19.7 Å². The van der Waals surface area contributed by atoms with E-state index in [1.54, 1.807) is 0 Å². The van der Waals surface area contributed by atoms with E-state index in [1.807, 2.05) is 26.8 Å². The number of anilines is 1.